The number of benzene rings is 2. The van der Waals surface area contributed by atoms with Crippen LogP contribution in [0.1, 0.15) is 29.8 Å². The second-order valence-electron chi connectivity index (χ2n) is 4.88. The number of hydrogen-bond acceptors (Lipinski definition) is 6. The molecule has 0 unspecified atom stereocenters. The molecule has 8 heteroatoms. The van der Waals surface area contributed by atoms with Crippen molar-refractivity contribution in [3.8, 4) is 0 Å². The van der Waals surface area contributed by atoms with Crippen molar-refractivity contribution in [3.05, 3.63) is 47.5 Å². The third-order valence-electron chi connectivity index (χ3n) is 3.64. The van der Waals surface area contributed by atoms with Crippen molar-refractivity contribution in [2.45, 2.75) is 20.0 Å². The number of carbonyl (C=O) groups is 1. The van der Waals surface area contributed by atoms with E-state index in [1.807, 2.05) is 38.1 Å². The Kier molecular flexibility index (Phi) is 9.59. The van der Waals surface area contributed by atoms with Gasteiger partial charge in [-0.25, -0.2) is 0 Å². The van der Waals surface area contributed by atoms with Gasteiger partial charge in [-0.3, -0.25) is 9.36 Å². The van der Waals surface area contributed by atoms with Crippen LogP contribution in [0.15, 0.2) is 36.4 Å². The third-order valence-corrected chi connectivity index (χ3v) is 6.72. The molecule has 144 valence electrons. The molecule has 2 aromatic carbocycles. The van der Waals surface area contributed by atoms with Crippen molar-refractivity contribution in [1.29, 1.82) is 0 Å². The number of fused-ring (bicyclic) bond motifs is 1. The zero-order valence-electron chi connectivity index (χ0n) is 16.0. The molecule has 2 rings (SSSR count). The summed E-state index contributed by atoms with van der Waals surface area (Å²) >= 11 is 0. The zero-order valence-corrected chi connectivity index (χ0v) is 17.8. The van der Waals surface area contributed by atoms with Gasteiger partial charge in [0.2, 0.25) is 13.9 Å². The highest BCUT2D eigenvalue weighted by molar-refractivity contribution is 7.67. The van der Waals surface area contributed by atoms with Crippen LogP contribution in [0.4, 0.5) is 0 Å². The predicted molar refractivity (Wildman–Crippen MR) is 106 cm³/mol. The molecule has 0 atom stereocenters. The lowest BCUT2D eigenvalue weighted by atomic mass is 10.0. The molecule has 0 aliphatic heterocycles. The first kappa shape index (κ1) is 22.9. The summed E-state index contributed by atoms with van der Waals surface area (Å²) in [5, 5.41) is 1.57. The average molecular weight is 400 g/mol. The normalized spacial score (nSPS) is 11.3. The second-order valence-corrected chi connectivity index (χ2v) is 8.80. The van der Waals surface area contributed by atoms with E-state index in [1.165, 1.54) is 28.4 Å². The first-order chi connectivity index (χ1) is 12.5. The molecule has 0 aliphatic rings. The van der Waals surface area contributed by atoms with Crippen molar-refractivity contribution in [1.82, 2.24) is 0 Å². The number of carbonyl (C=O) groups excluding carboxylic acids is 1. The molecule has 0 radical (unpaired) electrons. The van der Waals surface area contributed by atoms with Gasteiger partial charge in [0.15, 0.2) is 0 Å². The van der Waals surface area contributed by atoms with Gasteiger partial charge >= 0.3 is 7.60 Å². The Morgan fingerprint density at radius 1 is 0.962 bits per heavy atom. The van der Waals surface area contributed by atoms with Crippen LogP contribution in [0.25, 0.3) is 10.8 Å². The van der Waals surface area contributed by atoms with E-state index in [2.05, 4.69) is 0 Å². The summed E-state index contributed by atoms with van der Waals surface area (Å²) in [5.74, 6) is 0. The Morgan fingerprint density at radius 3 is 2.00 bits per heavy atom. The van der Waals surface area contributed by atoms with Gasteiger partial charge in [0.05, 0.1) is 6.16 Å². The van der Waals surface area contributed by atoms with Crippen molar-refractivity contribution in [3.63, 3.8) is 0 Å². The van der Waals surface area contributed by atoms with Gasteiger partial charge in [0.1, 0.15) is 0 Å². The maximum atomic E-state index is 12.7. The quantitative estimate of drug-likeness (QED) is 0.538. The molecule has 0 aliphatic carbocycles. The molecular weight excluding hydrogens is 374 g/mol. The number of rotatable bonds is 8. The summed E-state index contributed by atoms with van der Waals surface area (Å²) in [7, 11) is 0.601. The summed E-state index contributed by atoms with van der Waals surface area (Å²) in [6, 6.07) is 10.9. The lowest BCUT2D eigenvalue weighted by Crippen LogP contribution is -2.03. The van der Waals surface area contributed by atoms with Gasteiger partial charge in [0, 0.05) is 34.0 Å². The van der Waals surface area contributed by atoms with E-state index in [4.69, 9.17) is 18.1 Å². The van der Waals surface area contributed by atoms with Crippen LogP contribution in [0.5, 0.6) is 0 Å². The van der Waals surface area contributed by atoms with E-state index in [9.17, 15) is 9.36 Å². The zero-order chi connectivity index (χ0) is 19.7. The van der Waals surface area contributed by atoms with Gasteiger partial charge in [-0.2, -0.15) is 0 Å². The highest BCUT2D eigenvalue weighted by Gasteiger charge is 2.27. The van der Waals surface area contributed by atoms with Gasteiger partial charge < -0.3 is 18.1 Å². The summed E-state index contributed by atoms with van der Waals surface area (Å²) in [6.07, 6.45) is 0.0690. The first-order valence-electron chi connectivity index (χ1n) is 8.13. The molecular formula is C18H26O6P2. The summed E-state index contributed by atoms with van der Waals surface area (Å²) in [6.45, 7) is 4.00. The van der Waals surface area contributed by atoms with E-state index >= 15 is 0 Å². The van der Waals surface area contributed by atoms with E-state index in [0.29, 0.717) is 16.5 Å². The lowest BCUT2D eigenvalue weighted by Gasteiger charge is -2.17. The molecule has 0 heterocycles. The van der Waals surface area contributed by atoms with E-state index in [0.717, 1.165) is 5.39 Å². The van der Waals surface area contributed by atoms with Crippen molar-refractivity contribution >= 4 is 32.3 Å². The third kappa shape index (κ3) is 5.20. The molecule has 6 nitrogen and oxygen atoms in total. The van der Waals surface area contributed by atoms with Gasteiger partial charge in [0.25, 0.3) is 0 Å². The molecule has 2 aromatic rings. The summed E-state index contributed by atoms with van der Waals surface area (Å²) in [5.41, 5.74) is 0.944. The Labute approximate surface area is 156 Å². The molecule has 0 fully saturated rings. The largest absolute Gasteiger partial charge is 0.334 e. The Bertz CT molecular complexity index is 760. The molecule has 26 heavy (non-hydrogen) atoms. The first-order valence-corrected chi connectivity index (χ1v) is 11.0. The second kappa shape index (κ2) is 10.9. The van der Waals surface area contributed by atoms with Crippen LogP contribution in [0.3, 0.4) is 0 Å². The minimum atomic E-state index is -3.26. The monoisotopic (exact) mass is 400 g/mol. The molecule has 0 N–H and O–H groups in total. The van der Waals surface area contributed by atoms with Crippen molar-refractivity contribution in [2.24, 2.45) is 0 Å². The molecule has 0 amide bonds. The maximum Gasteiger partial charge on any atom is 0.334 e. The smallest absolute Gasteiger partial charge is 0.332 e. The van der Waals surface area contributed by atoms with Gasteiger partial charge in [-0.1, -0.05) is 50.2 Å². The van der Waals surface area contributed by atoms with E-state index in [1.54, 1.807) is 12.1 Å². The van der Waals surface area contributed by atoms with E-state index < -0.39 is 16.0 Å². The highest BCUT2D eigenvalue weighted by atomic mass is 31.2. The van der Waals surface area contributed by atoms with Crippen LogP contribution in [-0.2, 0) is 28.8 Å². The predicted octanol–water partition coefficient (Wildman–Crippen LogP) is 5.60. The van der Waals surface area contributed by atoms with Crippen LogP contribution >= 0.6 is 16.0 Å². The maximum absolute atomic E-state index is 12.7. The fourth-order valence-corrected chi connectivity index (χ4v) is 4.43. The molecule has 0 saturated carbocycles. The van der Waals surface area contributed by atoms with Crippen molar-refractivity contribution in [2.75, 3.05) is 28.4 Å². The fourth-order valence-electron chi connectivity index (χ4n) is 2.48. The van der Waals surface area contributed by atoms with E-state index in [-0.39, 0.29) is 11.7 Å². The summed E-state index contributed by atoms with van der Waals surface area (Å²) in [4.78, 5) is 12.7. The average Bonchev–Trinajstić information content (AvgIpc) is 2.70. The van der Waals surface area contributed by atoms with Crippen molar-refractivity contribution < 1.29 is 27.5 Å². The van der Waals surface area contributed by atoms with Gasteiger partial charge in [-0.05, 0) is 16.3 Å². The topological polar surface area (TPSA) is 71.1 Å². The molecule has 0 aromatic heterocycles. The Morgan fingerprint density at radius 2 is 1.50 bits per heavy atom. The minimum Gasteiger partial charge on any atom is -0.332 e. The molecule has 0 bridgehead atoms. The molecule has 0 spiro atoms. The standard InChI is InChI=1S/C16H20O6P2.C2H6/c1-19-23(20-2)16(17)14-10-6-8-12-7-5-9-13(15(12)14)11-24(18,21-3)22-4;1-2/h5-10H,11H2,1-4H3;1-2H3. The Balaban J connectivity index is 0.00000163. The van der Waals surface area contributed by atoms with Crippen LogP contribution < -0.4 is 0 Å². The fraction of sp³-hybridized carbons (Fsp3) is 0.389. The Hall–Kier alpha value is -1.13. The van der Waals surface area contributed by atoms with Crippen LogP contribution in [0, 0.1) is 0 Å². The molecule has 0 saturated heterocycles. The van der Waals surface area contributed by atoms with Gasteiger partial charge in [-0.15, -0.1) is 0 Å². The minimum absolute atomic E-state index is 0.0690. The van der Waals surface area contributed by atoms with Crippen LogP contribution in [0.2, 0.25) is 0 Å². The SMILES string of the molecule is CC.COP(OC)C(=O)c1cccc2cccc(CP(=O)(OC)OC)c12. The number of hydrogen-bond donors (Lipinski definition) is 0. The summed E-state index contributed by atoms with van der Waals surface area (Å²) < 4.78 is 32.9. The lowest BCUT2D eigenvalue weighted by molar-refractivity contribution is 0.105. The van der Waals surface area contributed by atoms with Crippen LogP contribution in [-0.4, -0.2) is 34.0 Å². The highest BCUT2D eigenvalue weighted by Crippen LogP contribution is 2.51.